The molecule has 68 heavy (non-hydrogen) atoms. The van der Waals surface area contributed by atoms with E-state index in [-0.39, 0.29) is 0 Å². The van der Waals surface area contributed by atoms with Gasteiger partial charge in [0.25, 0.3) is 0 Å². The summed E-state index contributed by atoms with van der Waals surface area (Å²) in [4.78, 5) is 4.86. The molecule has 0 aliphatic heterocycles. The third kappa shape index (κ3) is 8.60. The van der Waals surface area contributed by atoms with Crippen LogP contribution in [-0.2, 0) is 0 Å². The molecule has 0 spiro atoms. The van der Waals surface area contributed by atoms with Gasteiger partial charge in [-0.2, -0.15) is 0 Å². The number of nitrogens with zero attached hydrogens (tertiary/aromatic N) is 2. The maximum absolute atomic E-state index is 2.46. The Hall–Kier alpha value is -8.72. The molecule has 0 atom stereocenters. The van der Waals surface area contributed by atoms with Crippen LogP contribution in [0.25, 0.3) is 61.2 Å². The molecule has 0 amide bonds. The van der Waals surface area contributed by atoms with E-state index in [1.54, 1.807) is 0 Å². The maximum atomic E-state index is 2.46. The standard InChI is InChI=1S/C66H50N2/c1-7-23-49(24-8-1)51-39-43-57(44-40-51)67(58-45-41-52(42-46-58)50-25-9-2-10-26-50)64-37-21-19-35-60(64)61-36-20-22-38-65(61)68(56-33-17-6-18-34-56)59-47-62(53-27-11-3-12-28-53)66(55-31-15-5-16-32-55)63(48-59)54-29-13-4-14-30-54/h1-15,17-31,33-48H,16,32H2. The van der Waals surface area contributed by atoms with Crippen LogP contribution < -0.4 is 9.80 Å². The maximum Gasteiger partial charge on any atom is 0.0540 e. The Bertz CT molecular complexity index is 3200. The van der Waals surface area contributed by atoms with Crippen LogP contribution in [0.4, 0.5) is 34.1 Å². The van der Waals surface area contributed by atoms with Gasteiger partial charge in [0.15, 0.2) is 0 Å². The predicted molar refractivity (Wildman–Crippen MR) is 289 cm³/mol. The van der Waals surface area contributed by atoms with Gasteiger partial charge in [-0.1, -0.05) is 218 Å². The van der Waals surface area contributed by atoms with Crippen molar-refractivity contribution in [1.82, 2.24) is 0 Å². The quantitative estimate of drug-likeness (QED) is 0.121. The van der Waals surface area contributed by atoms with Gasteiger partial charge < -0.3 is 9.80 Å². The second kappa shape index (κ2) is 19.4. The molecule has 0 saturated carbocycles. The lowest BCUT2D eigenvalue weighted by Gasteiger charge is -2.32. The van der Waals surface area contributed by atoms with Crippen LogP contribution in [0.5, 0.6) is 0 Å². The molecule has 0 saturated heterocycles. The Balaban J connectivity index is 1.12. The number of hydrogen-bond acceptors (Lipinski definition) is 2. The van der Waals surface area contributed by atoms with E-state index in [0.717, 1.165) is 58.1 Å². The van der Waals surface area contributed by atoms with Crippen molar-refractivity contribution in [3.8, 4) is 55.6 Å². The highest BCUT2D eigenvalue weighted by molar-refractivity contribution is 5.99. The predicted octanol–water partition coefficient (Wildman–Crippen LogP) is 18.7. The summed E-state index contributed by atoms with van der Waals surface area (Å²) in [5.41, 5.74) is 20.9. The van der Waals surface area contributed by atoms with Crippen molar-refractivity contribution in [3.63, 3.8) is 0 Å². The van der Waals surface area contributed by atoms with E-state index < -0.39 is 0 Å². The molecule has 0 aromatic heterocycles. The summed E-state index contributed by atoms with van der Waals surface area (Å²) in [6.45, 7) is 0. The zero-order valence-corrected chi connectivity index (χ0v) is 37.9. The molecule has 10 aromatic carbocycles. The fourth-order valence-corrected chi connectivity index (χ4v) is 9.70. The summed E-state index contributed by atoms with van der Waals surface area (Å²) < 4.78 is 0. The van der Waals surface area contributed by atoms with Gasteiger partial charge >= 0.3 is 0 Å². The summed E-state index contributed by atoms with van der Waals surface area (Å²) in [5, 5.41) is 0. The number of allylic oxidation sites excluding steroid dienone is 4. The number of anilines is 6. The normalized spacial score (nSPS) is 12.0. The molecule has 324 valence electrons. The molecule has 2 heteroatoms. The Morgan fingerprint density at radius 3 is 1.06 bits per heavy atom. The Labute approximate surface area is 400 Å². The van der Waals surface area contributed by atoms with E-state index >= 15 is 0 Å². The first-order valence-corrected chi connectivity index (χ1v) is 23.6. The molecule has 0 heterocycles. The lowest BCUT2D eigenvalue weighted by molar-refractivity contribution is 1.05. The van der Waals surface area contributed by atoms with E-state index in [4.69, 9.17) is 0 Å². The van der Waals surface area contributed by atoms with Crippen molar-refractivity contribution in [2.75, 3.05) is 9.80 Å². The monoisotopic (exact) mass is 870 g/mol. The number of benzene rings is 10. The summed E-state index contributed by atoms with van der Waals surface area (Å²) >= 11 is 0. The van der Waals surface area contributed by atoms with Gasteiger partial charge in [0.2, 0.25) is 0 Å². The first-order chi connectivity index (χ1) is 33.8. The van der Waals surface area contributed by atoms with Crippen molar-refractivity contribution >= 4 is 39.7 Å². The molecule has 11 rings (SSSR count). The van der Waals surface area contributed by atoms with Gasteiger partial charge in [0, 0.05) is 33.9 Å². The minimum Gasteiger partial charge on any atom is -0.310 e. The van der Waals surface area contributed by atoms with Gasteiger partial charge in [-0.3, -0.25) is 0 Å². The van der Waals surface area contributed by atoms with Gasteiger partial charge in [0.05, 0.1) is 11.4 Å². The molecule has 0 N–H and O–H groups in total. The van der Waals surface area contributed by atoms with Crippen molar-refractivity contribution in [2.24, 2.45) is 0 Å². The van der Waals surface area contributed by atoms with E-state index in [9.17, 15) is 0 Å². The smallest absolute Gasteiger partial charge is 0.0540 e. The zero-order valence-electron chi connectivity index (χ0n) is 37.9. The van der Waals surface area contributed by atoms with Crippen LogP contribution in [0.3, 0.4) is 0 Å². The topological polar surface area (TPSA) is 6.48 Å². The first kappa shape index (κ1) is 41.9. The SMILES string of the molecule is C1=CCCC(c2c(-c3ccccc3)cc(N(c3ccccc3)c3ccccc3-c3ccccc3N(c3ccc(-c4ccccc4)cc3)c3ccc(-c4ccccc4)cc3)cc2-c2ccccc2)=C1. The van der Waals surface area contributed by atoms with Crippen LogP contribution >= 0.6 is 0 Å². The summed E-state index contributed by atoms with van der Waals surface area (Å²) in [7, 11) is 0. The van der Waals surface area contributed by atoms with Crippen LogP contribution in [0.15, 0.2) is 279 Å². The van der Waals surface area contributed by atoms with Crippen LogP contribution in [0.2, 0.25) is 0 Å². The molecule has 0 radical (unpaired) electrons. The summed E-state index contributed by atoms with van der Waals surface area (Å²) in [5.74, 6) is 0. The second-order valence-corrected chi connectivity index (χ2v) is 17.2. The van der Waals surface area contributed by atoms with Gasteiger partial charge in [0.1, 0.15) is 0 Å². The minimum atomic E-state index is 0.984. The Kier molecular flexibility index (Phi) is 12.0. The van der Waals surface area contributed by atoms with E-state index in [2.05, 4.69) is 289 Å². The van der Waals surface area contributed by atoms with Gasteiger partial charge in [-0.15, -0.1) is 0 Å². The lowest BCUT2D eigenvalue weighted by Crippen LogP contribution is -2.14. The van der Waals surface area contributed by atoms with Crippen molar-refractivity contribution in [1.29, 1.82) is 0 Å². The molecular formula is C66H50N2. The fourth-order valence-electron chi connectivity index (χ4n) is 9.70. The third-order valence-electron chi connectivity index (χ3n) is 12.9. The lowest BCUT2D eigenvalue weighted by atomic mass is 9.84. The van der Waals surface area contributed by atoms with Crippen molar-refractivity contribution < 1.29 is 0 Å². The average Bonchev–Trinajstić information content (AvgIpc) is 3.43. The fraction of sp³-hybridized carbons (Fsp3) is 0.0303. The minimum absolute atomic E-state index is 0.984. The molecule has 0 bridgehead atoms. The number of rotatable bonds is 12. The molecule has 10 aromatic rings. The average molecular weight is 871 g/mol. The zero-order chi connectivity index (χ0) is 45.5. The number of hydrogen-bond donors (Lipinski definition) is 0. The van der Waals surface area contributed by atoms with E-state index in [1.165, 1.54) is 55.6 Å². The highest BCUT2D eigenvalue weighted by Crippen LogP contribution is 2.50. The molecule has 0 unspecified atom stereocenters. The first-order valence-electron chi connectivity index (χ1n) is 23.6. The largest absolute Gasteiger partial charge is 0.310 e. The van der Waals surface area contributed by atoms with E-state index in [0.29, 0.717) is 0 Å². The molecule has 0 fully saturated rings. The Morgan fingerprint density at radius 2 is 0.632 bits per heavy atom. The van der Waals surface area contributed by atoms with Crippen LogP contribution in [-0.4, -0.2) is 0 Å². The van der Waals surface area contributed by atoms with Crippen LogP contribution in [0.1, 0.15) is 18.4 Å². The number of para-hydroxylation sites is 3. The molecular weight excluding hydrogens is 821 g/mol. The molecule has 2 nitrogen and oxygen atoms in total. The highest BCUT2D eigenvalue weighted by atomic mass is 15.2. The molecule has 1 aliphatic rings. The summed E-state index contributed by atoms with van der Waals surface area (Å²) in [6.07, 6.45) is 8.81. The van der Waals surface area contributed by atoms with Crippen molar-refractivity contribution in [3.05, 3.63) is 285 Å². The summed E-state index contributed by atoms with van der Waals surface area (Å²) in [6, 6.07) is 94.4. The van der Waals surface area contributed by atoms with Crippen molar-refractivity contribution in [2.45, 2.75) is 12.8 Å². The van der Waals surface area contributed by atoms with E-state index in [1.807, 2.05) is 0 Å². The van der Waals surface area contributed by atoms with Gasteiger partial charge in [-0.25, -0.2) is 0 Å². The third-order valence-corrected chi connectivity index (χ3v) is 12.9. The Morgan fingerprint density at radius 1 is 0.279 bits per heavy atom. The highest BCUT2D eigenvalue weighted by Gasteiger charge is 2.25. The second-order valence-electron chi connectivity index (χ2n) is 17.2. The van der Waals surface area contributed by atoms with Crippen LogP contribution in [0, 0.1) is 0 Å². The van der Waals surface area contributed by atoms with Gasteiger partial charge in [-0.05, 0) is 129 Å². The molecule has 1 aliphatic carbocycles.